The first kappa shape index (κ1) is 17.8. The predicted octanol–water partition coefficient (Wildman–Crippen LogP) is 3.60. The summed E-state index contributed by atoms with van der Waals surface area (Å²) in [5, 5.41) is 0. The van der Waals surface area contributed by atoms with Crippen molar-refractivity contribution in [3.05, 3.63) is 83.7 Å². The summed E-state index contributed by atoms with van der Waals surface area (Å²) in [6, 6.07) is 18.3. The second-order valence-electron chi connectivity index (χ2n) is 6.73. The van der Waals surface area contributed by atoms with Gasteiger partial charge < -0.3 is 9.30 Å². The van der Waals surface area contributed by atoms with E-state index in [1.165, 1.54) is 0 Å². The van der Waals surface area contributed by atoms with Gasteiger partial charge in [0, 0.05) is 25.0 Å². The van der Waals surface area contributed by atoms with Crippen molar-refractivity contribution in [2.24, 2.45) is 0 Å². The second kappa shape index (κ2) is 6.87. The number of sulfonamides is 1. The normalized spacial score (nSPS) is 17.5. The third-order valence-corrected chi connectivity index (χ3v) is 6.93. The van der Waals surface area contributed by atoms with Crippen molar-refractivity contribution in [1.82, 2.24) is 8.87 Å². The van der Waals surface area contributed by atoms with E-state index in [0.29, 0.717) is 18.8 Å². The maximum atomic E-state index is 13.4. The second-order valence-corrected chi connectivity index (χ2v) is 8.62. The number of ether oxygens (including phenoxy) is 1. The Hall–Kier alpha value is -2.57. The van der Waals surface area contributed by atoms with Gasteiger partial charge in [0.25, 0.3) is 0 Å². The number of hydrogen-bond donors (Lipinski definition) is 0. The van der Waals surface area contributed by atoms with Gasteiger partial charge in [0.1, 0.15) is 5.75 Å². The monoisotopic (exact) mass is 382 g/mol. The van der Waals surface area contributed by atoms with Crippen LogP contribution in [0.4, 0.5) is 0 Å². The maximum Gasteiger partial charge on any atom is 0.244 e. The van der Waals surface area contributed by atoms with E-state index in [4.69, 9.17) is 4.74 Å². The number of rotatable bonds is 4. The van der Waals surface area contributed by atoms with Gasteiger partial charge in [-0.05, 0) is 48.9 Å². The topological polar surface area (TPSA) is 51.5 Å². The molecule has 1 aliphatic rings. The zero-order chi connectivity index (χ0) is 19.0. The summed E-state index contributed by atoms with van der Waals surface area (Å²) in [6.07, 6.45) is 2.01. The molecule has 0 N–H and O–H groups in total. The van der Waals surface area contributed by atoms with Gasteiger partial charge in [0.2, 0.25) is 10.0 Å². The average molecular weight is 382 g/mol. The molecule has 0 fully saturated rings. The van der Waals surface area contributed by atoms with Gasteiger partial charge in [-0.3, -0.25) is 0 Å². The van der Waals surface area contributed by atoms with Crippen LogP contribution < -0.4 is 4.74 Å². The number of aromatic nitrogens is 1. The fraction of sp³-hybridized carbons (Fsp3) is 0.238. The lowest BCUT2D eigenvalue weighted by Crippen LogP contribution is -2.42. The van der Waals surface area contributed by atoms with Gasteiger partial charge in [-0.1, -0.05) is 29.8 Å². The Labute approximate surface area is 159 Å². The minimum absolute atomic E-state index is 0.278. The molecule has 5 nitrogen and oxygen atoms in total. The Kier molecular flexibility index (Phi) is 4.53. The Bertz CT molecular complexity index is 1040. The van der Waals surface area contributed by atoms with Crippen LogP contribution in [0.25, 0.3) is 0 Å². The summed E-state index contributed by atoms with van der Waals surface area (Å²) in [6.45, 7) is 3.09. The van der Waals surface area contributed by atoms with Crippen molar-refractivity contribution in [2.45, 2.75) is 24.4 Å². The summed E-state index contributed by atoms with van der Waals surface area (Å²) >= 11 is 0. The van der Waals surface area contributed by atoms with E-state index in [2.05, 4.69) is 4.57 Å². The summed E-state index contributed by atoms with van der Waals surface area (Å²) in [4.78, 5) is 0.278. The predicted molar refractivity (Wildman–Crippen MR) is 104 cm³/mol. The molecule has 140 valence electrons. The zero-order valence-corrected chi connectivity index (χ0v) is 16.2. The third kappa shape index (κ3) is 3.15. The molecule has 3 aromatic rings. The number of aryl methyl sites for hydroxylation is 1. The van der Waals surface area contributed by atoms with Crippen LogP contribution in [0.15, 0.2) is 71.8 Å². The molecule has 6 heteroatoms. The third-order valence-electron chi connectivity index (χ3n) is 5.05. The molecule has 4 rings (SSSR count). The quantitative estimate of drug-likeness (QED) is 0.693. The van der Waals surface area contributed by atoms with Gasteiger partial charge in [-0.15, -0.1) is 0 Å². The molecule has 0 spiro atoms. The van der Waals surface area contributed by atoms with Gasteiger partial charge in [0.05, 0.1) is 18.0 Å². The van der Waals surface area contributed by atoms with Crippen molar-refractivity contribution in [2.75, 3.05) is 13.7 Å². The maximum absolute atomic E-state index is 13.4. The van der Waals surface area contributed by atoms with Crippen LogP contribution in [0.1, 0.15) is 22.9 Å². The Balaban J connectivity index is 1.80. The lowest BCUT2D eigenvalue weighted by atomic mass is 10.0. The molecule has 1 aliphatic heterocycles. The number of hydrogen-bond acceptors (Lipinski definition) is 3. The standard InChI is InChI=1S/C21H22N2O3S/c1-16-5-7-17(8-6-16)21-20-4-3-13-22(20)14-15-23(21)27(24,25)19-11-9-18(26-2)10-12-19/h3-13,21H,14-15H2,1-2H3/t21-/m1/s1. The molecule has 27 heavy (non-hydrogen) atoms. The van der Waals surface area contributed by atoms with Crippen LogP contribution in [0, 0.1) is 6.92 Å². The Morgan fingerprint density at radius 1 is 0.963 bits per heavy atom. The molecule has 0 saturated heterocycles. The van der Waals surface area contributed by atoms with Crippen molar-refractivity contribution in [1.29, 1.82) is 0 Å². The number of nitrogens with zero attached hydrogens (tertiary/aromatic N) is 2. The molecule has 0 aliphatic carbocycles. The highest BCUT2D eigenvalue weighted by molar-refractivity contribution is 7.89. The molecule has 0 amide bonds. The Morgan fingerprint density at radius 3 is 2.33 bits per heavy atom. The smallest absolute Gasteiger partial charge is 0.244 e. The molecular weight excluding hydrogens is 360 g/mol. The Morgan fingerprint density at radius 2 is 1.67 bits per heavy atom. The number of methoxy groups -OCH3 is 1. The first-order valence-electron chi connectivity index (χ1n) is 8.88. The molecular formula is C21H22N2O3S. The molecule has 0 unspecified atom stereocenters. The van der Waals surface area contributed by atoms with Gasteiger partial charge in [-0.2, -0.15) is 4.31 Å². The van der Waals surface area contributed by atoms with E-state index in [-0.39, 0.29) is 10.9 Å². The molecule has 1 aromatic heterocycles. The molecule has 0 saturated carbocycles. The highest BCUT2D eigenvalue weighted by Crippen LogP contribution is 2.36. The molecule has 2 heterocycles. The largest absolute Gasteiger partial charge is 0.497 e. The molecule has 2 aromatic carbocycles. The molecule has 1 atom stereocenters. The van der Waals surface area contributed by atoms with E-state index >= 15 is 0 Å². The van der Waals surface area contributed by atoms with Crippen LogP contribution in [0.5, 0.6) is 5.75 Å². The van der Waals surface area contributed by atoms with Crippen molar-refractivity contribution >= 4 is 10.0 Å². The van der Waals surface area contributed by atoms with Crippen LogP contribution in [-0.4, -0.2) is 30.9 Å². The number of fused-ring (bicyclic) bond motifs is 1. The van der Waals surface area contributed by atoms with E-state index < -0.39 is 10.0 Å². The highest BCUT2D eigenvalue weighted by Gasteiger charge is 2.37. The molecule has 0 radical (unpaired) electrons. The van der Waals surface area contributed by atoms with E-state index in [0.717, 1.165) is 16.8 Å². The highest BCUT2D eigenvalue weighted by atomic mass is 32.2. The summed E-state index contributed by atoms with van der Waals surface area (Å²) in [5.41, 5.74) is 3.11. The van der Waals surface area contributed by atoms with Gasteiger partial charge in [-0.25, -0.2) is 8.42 Å². The average Bonchev–Trinajstić information content (AvgIpc) is 3.17. The lowest BCUT2D eigenvalue weighted by molar-refractivity contribution is 0.298. The van der Waals surface area contributed by atoms with E-state index in [1.54, 1.807) is 35.7 Å². The van der Waals surface area contributed by atoms with Gasteiger partial charge >= 0.3 is 0 Å². The van der Waals surface area contributed by atoms with Crippen molar-refractivity contribution < 1.29 is 13.2 Å². The fourth-order valence-corrected chi connectivity index (χ4v) is 5.17. The van der Waals surface area contributed by atoms with Crippen molar-refractivity contribution in [3.8, 4) is 5.75 Å². The summed E-state index contributed by atoms with van der Waals surface area (Å²) in [7, 11) is -2.09. The minimum atomic E-state index is -3.65. The number of benzene rings is 2. The summed E-state index contributed by atoms with van der Waals surface area (Å²) in [5.74, 6) is 0.636. The van der Waals surface area contributed by atoms with Crippen LogP contribution >= 0.6 is 0 Å². The lowest BCUT2D eigenvalue weighted by Gasteiger charge is -2.36. The first-order valence-corrected chi connectivity index (χ1v) is 10.3. The van der Waals surface area contributed by atoms with Crippen LogP contribution in [-0.2, 0) is 16.6 Å². The van der Waals surface area contributed by atoms with Gasteiger partial charge in [0.15, 0.2) is 0 Å². The van der Waals surface area contributed by atoms with E-state index in [9.17, 15) is 8.42 Å². The van der Waals surface area contributed by atoms with Crippen LogP contribution in [0.2, 0.25) is 0 Å². The summed E-state index contributed by atoms with van der Waals surface area (Å²) < 4.78 is 35.8. The fourth-order valence-electron chi connectivity index (χ4n) is 3.59. The van der Waals surface area contributed by atoms with E-state index in [1.807, 2.05) is 49.5 Å². The first-order chi connectivity index (χ1) is 13.0. The van der Waals surface area contributed by atoms with Crippen LogP contribution in [0.3, 0.4) is 0 Å². The molecule has 0 bridgehead atoms. The zero-order valence-electron chi connectivity index (χ0n) is 15.4. The SMILES string of the molecule is COc1ccc(S(=O)(=O)N2CCn3cccc3[C@H]2c2ccc(C)cc2)cc1. The van der Waals surface area contributed by atoms with Crippen molar-refractivity contribution in [3.63, 3.8) is 0 Å². The minimum Gasteiger partial charge on any atom is -0.497 e.